The van der Waals surface area contributed by atoms with E-state index >= 15 is 0 Å². The summed E-state index contributed by atoms with van der Waals surface area (Å²) in [5, 5.41) is 7.12. The molecule has 0 radical (unpaired) electrons. The molecule has 36 heavy (non-hydrogen) atoms. The number of carbonyl (C=O) groups is 1. The summed E-state index contributed by atoms with van der Waals surface area (Å²) < 4.78 is 42.5. The molecular weight excluding hydrogens is 495 g/mol. The average molecular weight is 518 g/mol. The zero-order valence-corrected chi connectivity index (χ0v) is 20.4. The molecule has 5 aromatic rings. The van der Waals surface area contributed by atoms with Crippen molar-refractivity contribution < 1.29 is 27.8 Å². The molecule has 2 aromatic carbocycles. The number of hydrogen-bond donors (Lipinski definition) is 1. The van der Waals surface area contributed by atoms with Crippen molar-refractivity contribution in [2.75, 3.05) is 13.7 Å². The van der Waals surface area contributed by atoms with E-state index in [9.17, 15) is 13.2 Å². The van der Waals surface area contributed by atoms with Gasteiger partial charge in [-0.25, -0.2) is 19.7 Å². The monoisotopic (exact) mass is 517 g/mol. The van der Waals surface area contributed by atoms with Crippen molar-refractivity contribution in [1.29, 1.82) is 0 Å². The average Bonchev–Trinajstić information content (AvgIpc) is 3.53. The van der Waals surface area contributed by atoms with Gasteiger partial charge in [0.25, 0.3) is 0 Å². The molecule has 0 spiro atoms. The number of aryl methyl sites for hydroxylation is 2. The minimum atomic E-state index is -5.08. The Bertz CT molecular complexity index is 1540. The number of methoxy groups -OCH3 is 1. The van der Waals surface area contributed by atoms with E-state index < -0.39 is 12.1 Å². The van der Waals surface area contributed by atoms with Gasteiger partial charge in [0.15, 0.2) is 5.82 Å². The quantitative estimate of drug-likeness (QED) is 0.340. The molecule has 0 fully saturated rings. The van der Waals surface area contributed by atoms with Crippen molar-refractivity contribution in [3.63, 3.8) is 0 Å². The first-order valence-corrected chi connectivity index (χ1v) is 11.6. The number of benzene rings is 2. The molecular formula is C24H22F3N5O3S. The van der Waals surface area contributed by atoms with Crippen LogP contribution in [0.1, 0.15) is 5.56 Å². The molecule has 1 N–H and O–H groups in total. The lowest BCUT2D eigenvalue weighted by atomic mass is 10.2. The number of aromatic nitrogens is 5. The fraction of sp³-hybridized carbons (Fsp3) is 0.250. The first kappa shape index (κ1) is 25.3. The molecule has 188 valence electrons. The molecule has 0 aliphatic rings. The van der Waals surface area contributed by atoms with Crippen LogP contribution in [0, 0.1) is 6.92 Å². The normalized spacial score (nSPS) is 11.6. The Morgan fingerprint density at radius 3 is 2.56 bits per heavy atom. The molecule has 0 bridgehead atoms. The van der Waals surface area contributed by atoms with Gasteiger partial charge in [-0.15, -0.1) is 11.3 Å². The zero-order valence-electron chi connectivity index (χ0n) is 19.6. The molecule has 0 unspecified atom stereocenters. The summed E-state index contributed by atoms with van der Waals surface area (Å²) in [6.45, 7) is 3.44. The number of imidazole rings is 2. The van der Waals surface area contributed by atoms with E-state index in [0.29, 0.717) is 6.61 Å². The maximum atomic E-state index is 10.6. The summed E-state index contributed by atoms with van der Waals surface area (Å²) in [6.07, 6.45) is -3.04. The van der Waals surface area contributed by atoms with Crippen LogP contribution in [0.4, 0.5) is 13.2 Å². The smallest absolute Gasteiger partial charge is 0.475 e. The Morgan fingerprint density at radius 1 is 1.11 bits per heavy atom. The van der Waals surface area contributed by atoms with Crippen molar-refractivity contribution in [3.8, 4) is 22.9 Å². The van der Waals surface area contributed by atoms with Crippen molar-refractivity contribution >= 4 is 38.6 Å². The first-order chi connectivity index (χ1) is 17.1. The van der Waals surface area contributed by atoms with E-state index in [1.165, 1.54) is 10.3 Å². The fourth-order valence-electron chi connectivity index (χ4n) is 3.68. The number of nitrogens with zero attached hydrogens (tertiary/aromatic N) is 5. The van der Waals surface area contributed by atoms with E-state index in [0.717, 1.165) is 46.0 Å². The summed E-state index contributed by atoms with van der Waals surface area (Å²) in [5.74, 6) is -0.997. The number of thiazole rings is 1. The van der Waals surface area contributed by atoms with Crippen LogP contribution in [-0.2, 0) is 23.1 Å². The van der Waals surface area contributed by atoms with E-state index in [-0.39, 0.29) is 0 Å². The number of ether oxygens (including phenoxy) is 1. The summed E-state index contributed by atoms with van der Waals surface area (Å²) >= 11 is 1.65. The van der Waals surface area contributed by atoms with Crippen LogP contribution < -0.4 is 0 Å². The number of alkyl halides is 3. The highest BCUT2D eigenvalue weighted by molar-refractivity contribution is 7.16. The predicted molar refractivity (Wildman–Crippen MR) is 131 cm³/mol. The van der Waals surface area contributed by atoms with Crippen LogP contribution in [-0.4, -0.2) is 55.1 Å². The third-order valence-electron chi connectivity index (χ3n) is 5.36. The van der Waals surface area contributed by atoms with Crippen molar-refractivity contribution in [2.45, 2.75) is 19.6 Å². The van der Waals surface area contributed by atoms with Gasteiger partial charge in [0.2, 0.25) is 0 Å². The van der Waals surface area contributed by atoms with Gasteiger partial charge >= 0.3 is 12.1 Å². The van der Waals surface area contributed by atoms with Crippen molar-refractivity contribution in [2.24, 2.45) is 7.05 Å². The lowest BCUT2D eigenvalue weighted by Crippen LogP contribution is -2.21. The minimum absolute atomic E-state index is 0.618. The molecule has 5 rings (SSSR count). The minimum Gasteiger partial charge on any atom is -0.475 e. The molecule has 12 heteroatoms. The highest BCUT2D eigenvalue weighted by Gasteiger charge is 2.38. The molecule has 0 saturated carbocycles. The Kier molecular flexibility index (Phi) is 7.09. The fourth-order valence-corrected chi connectivity index (χ4v) is 4.34. The van der Waals surface area contributed by atoms with Gasteiger partial charge < -0.3 is 19.0 Å². The lowest BCUT2D eigenvalue weighted by molar-refractivity contribution is -0.192. The highest BCUT2D eigenvalue weighted by atomic mass is 32.1. The molecule has 8 nitrogen and oxygen atoms in total. The van der Waals surface area contributed by atoms with Gasteiger partial charge in [-0.3, -0.25) is 0 Å². The van der Waals surface area contributed by atoms with E-state index in [4.69, 9.17) is 24.6 Å². The van der Waals surface area contributed by atoms with Gasteiger partial charge in [-0.1, -0.05) is 6.07 Å². The maximum Gasteiger partial charge on any atom is 0.490 e. The molecule has 3 heterocycles. The third kappa shape index (κ3) is 5.24. The van der Waals surface area contributed by atoms with Crippen LogP contribution in [0.5, 0.6) is 0 Å². The SMILES string of the molecule is COCCn1c(-c2cn(C)c(-c3ccc4scnc4c3)n2)nc2ccc(C)cc21.O=C(O)C(F)(F)F. The highest BCUT2D eigenvalue weighted by Crippen LogP contribution is 2.29. The second-order valence-electron chi connectivity index (χ2n) is 7.97. The van der Waals surface area contributed by atoms with Gasteiger partial charge in [0.1, 0.15) is 11.5 Å². The summed E-state index contributed by atoms with van der Waals surface area (Å²) in [6, 6.07) is 12.6. The van der Waals surface area contributed by atoms with Gasteiger partial charge in [0.05, 0.1) is 33.4 Å². The van der Waals surface area contributed by atoms with Gasteiger partial charge in [-0.2, -0.15) is 13.2 Å². The van der Waals surface area contributed by atoms with Crippen LogP contribution in [0.25, 0.3) is 44.2 Å². The number of rotatable bonds is 5. The van der Waals surface area contributed by atoms with Crippen LogP contribution in [0.2, 0.25) is 0 Å². The molecule has 3 aromatic heterocycles. The Labute approximate surface area is 207 Å². The van der Waals surface area contributed by atoms with Crippen LogP contribution in [0.15, 0.2) is 48.1 Å². The number of halogens is 3. The Morgan fingerprint density at radius 2 is 1.86 bits per heavy atom. The van der Waals surface area contributed by atoms with Gasteiger partial charge in [-0.05, 0) is 42.8 Å². The second kappa shape index (κ2) is 10.1. The summed E-state index contributed by atoms with van der Waals surface area (Å²) in [7, 11) is 3.74. The first-order valence-electron chi connectivity index (χ1n) is 10.7. The second-order valence-corrected chi connectivity index (χ2v) is 8.86. The summed E-state index contributed by atoms with van der Waals surface area (Å²) in [5.41, 5.74) is 8.06. The molecule has 0 aliphatic heterocycles. The predicted octanol–water partition coefficient (Wildman–Crippen LogP) is 5.30. The topological polar surface area (TPSA) is 95.1 Å². The number of carboxylic acids is 1. The number of aliphatic carboxylic acids is 1. The number of fused-ring (bicyclic) bond motifs is 2. The third-order valence-corrected chi connectivity index (χ3v) is 6.17. The summed E-state index contributed by atoms with van der Waals surface area (Å²) in [4.78, 5) is 23.2. The van der Waals surface area contributed by atoms with Gasteiger partial charge in [0, 0.05) is 32.5 Å². The maximum absolute atomic E-state index is 10.6. The standard InChI is InChI=1S/C22H21N5OS.C2HF3O2/c1-14-4-6-16-19(10-14)27(8-9-28-3)22(24-16)18-12-26(2)21(25-18)15-5-7-20-17(11-15)23-13-29-20;3-2(4,5)1(6)7/h4-7,10-13H,8-9H2,1-3H3;(H,6,7). The molecule has 0 saturated heterocycles. The Hall–Kier alpha value is -3.77. The Balaban J connectivity index is 0.000000384. The lowest BCUT2D eigenvalue weighted by Gasteiger charge is -2.07. The molecule has 0 aliphatic carbocycles. The number of hydrogen-bond acceptors (Lipinski definition) is 6. The molecule has 0 atom stereocenters. The van der Waals surface area contributed by atoms with Crippen LogP contribution in [0.3, 0.4) is 0 Å². The van der Waals surface area contributed by atoms with E-state index in [1.54, 1.807) is 18.4 Å². The van der Waals surface area contributed by atoms with E-state index in [1.807, 2.05) is 23.3 Å². The van der Waals surface area contributed by atoms with Crippen molar-refractivity contribution in [3.05, 3.63) is 53.7 Å². The van der Waals surface area contributed by atoms with Crippen molar-refractivity contribution in [1.82, 2.24) is 24.1 Å². The largest absolute Gasteiger partial charge is 0.490 e. The zero-order chi connectivity index (χ0) is 26.0. The van der Waals surface area contributed by atoms with E-state index in [2.05, 4.69) is 52.9 Å². The molecule has 0 amide bonds. The van der Waals surface area contributed by atoms with Crippen LogP contribution >= 0.6 is 11.3 Å². The number of carboxylic acid groups (broad SMARTS) is 1.